The zero-order chi connectivity index (χ0) is 20.5. The number of rotatable bonds is 4. The SMILES string of the molecule is Nc1c(Nc2ccc(Cl)c(Cl)c2)ncnc1Nc1ccc(Cl)c(C(F)(F)F)c1. The zero-order valence-electron chi connectivity index (χ0n) is 13.8. The van der Waals surface area contributed by atoms with E-state index >= 15 is 0 Å². The average molecular weight is 449 g/mol. The maximum atomic E-state index is 13.0. The lowest BCUT2D eigenvalue weighted by molar-refractivity contribution is -0.137. The summed E-state index contributed by atoms with van der Waals surface area (Å²) in [7, 11) is 0. The van der Waals surface area contributed by atoms with Gasteiger partial charge in [-0.3, -0.25) is 0 Å². The highest BCUT2D eigenvalue weighted by atomic mass is 35.5. The molecule has 5 nitrogen and oxygen atoms in total. The van der Waals surface area contributed by atoms with E-state index in [1.807, 2.05) is 0 Å². The van der Waals surface area contributed by atoms with Crippen LogP contribution in [0.4, 0.5) is 41.9 Å². The number of nitrogen functional groups attached to an aromatic ring is 1. The molecule has 4 N–H and O–H groups in total. The minimum Gasteiger partial charge on any atom is -0.393 e. The van der Waals surface area contributed by atoms with Crippen molar-refractivity contribution in [2.45, 2.75) is 6.18 Å². The lowest BCUT2D eigenvalue weighted by Crippen LogP contribution is -2.08. The van der Waals surface area contributed by atoms with Crippen LogP contribution in [0.1, 0.15) is 5.56 Å². The van der Waals surface area contributed by atoms with Crippen molar-refractivity contribution in [2.24, 2.45) is 0 Å². The summed E-state index contributed by atoms with van der Waals surface area (Å²) in [5.74, 6) is 0.355. The molecule has 0 saturated heterocycles. The van der Waals surface area contributed by atoms with Gasteiger partial charge in [0.05, 0.1) is 20.6 Å². The van der Waals surface area contributed by atoms with Gasteiger partial charge in [-0.05, 0) is 36.4 Å². The van der Waals surface area contributed by atoms with Crippen LogP contribution in [0.15, 0.2) is 42.7 Å². The van der Waals surface area contributed by atoms with Gasteiger partial charge in [-0.2, -0.15) is 13.2 Å². The summed E-state index contributed by atoms with van der Waals surface area (Å²) < 4.78 is 39.1. The Bertz CT molecular complexity index is 1030. The Morgan fingerprint density at radius 1 is 0.786 bits per heavy atom. The van der Waals surface area contributed by atoms with Crippen LogP contribution in [0.25, 0.3) is 0 Å². The van der Waals surface area contributed by atoms with Crippen LogP contribution in [0.3, 0.4) is 0 Å². The molecule has 1 aromatic heterocycles. The molecule has 0 unspecified atom stereocenters. The first-order chi connectivity index (χ1) is 13.1. The number of nitrogens with two attached hydrogens (primary N) is 1. The summed E-state index contributed by atoms with van der Waals surface area (Å²) in [5, 5.41) is 6.00. The molecule has 0 atom stereocenters. The standard InChI is InChI=1S/C17H11Cl3F3N5/c18-11-3-1-8(5-10(11)17(21,22)23)27-15-14(24)16(26-7-25-15)28-9-2-4-12(19)13(20)6-9/h1-7H,24H2,(H2,25,26,27,28). The fraction of sp³-hybridized carbons (Fsp3) is 0.0588. The number of aromatic nitrogens is 2. The average Bonchev–Trinajstić information content (AvgIpc) is 2.62. The third-order valence-electron chi connectivity index (χ3n) is 3.60. The second-order valence-corrected chi connectivity index (χ2v) is 6.78. The fourth-order valence-corrected chi connectivity index (χ4v) is 2.79. The van der Waals surface area contributed by atoms with E-state index < -0.39 is 16.8 Å². The van der Waals surface area contributed by atoms with Crippen molar-refractivity contribution >= 4 is 63.5 Å². The van der Waals surface area contributed by atoms with Crippen LogP contribution in [0.2, 0.25) is 15.1 Å². The van der Waals surface area contributed by atoms with E-state index in [1.54, 1.807) is 18.2 Å². The molecule has 0 aliphatic carbocycles. The summed E-state index contributed by atoms with van der Waals surface area (Å²) in [6.07, 6.45) is -3.38. The van der Waals surface area contributed by atoms with Gasteiger partial charge in [-0.15, -0.1) is 0 Å². The van der Waals surface area contributed by atoms with Crippen molar-refractivity contribution < 1.29 is 13.2 Å². The summed E-state index contributed by atoms with van der Waals surface area (Å²) in [6, 6.07) is 8.22. The van der Waals surface area contributed by atoms with Crippen LogP contribution in [0, 0.1) is 0 Å². The Hall–Kier alpha value is -2.42. The topological polar surface area (TPSA) is 75.9 Å². The highest BCUT2D eigenvalue weighted by Crippen LogP contribution is 2.37. The maximum absolute atomic E-state index is 13.0. The van der Waals surface area contributed by atoms with Crippen LogP contribution in [-0.2, 0) is 6.18 Å². The maximum Gasteiger partial charge on any atom is 0.417 e. The van der Waals surface area contributed by atoms with Gasteiger partial charge in [0.1, 0.15) is 12.0 Å². The smallest absolute Gasteiger partial charge is 0.393 e. The van der Waals surface area contributed by atoms with Gasteiger partial charge in [-0.1, -0.05) is 34.8 Å². The predicted octanol–water partition coefficient (Wildman–Crippen LogP) is 6.53. The van der Waals surface area contributed by atoms with Gasteiger partial charge in [0.15, 0.2) is 11.6 Å². The molecular weight excluding hydrogens is 438 g/mol. The second-order valence-electron chi connectivity index (χ2n) is 5.56. The Morgan fingerprint density at radius 3 is 1.86 bits per heavy atom. The molecule has 28 heavy (non-hydrogen) atoms. The second kappa shape index (κ2) is 7.90. The van der Waals surface area contributed by atoms with E-state index in [0.29, 0.717) is 15.7 Å². The molecule has 0 bridgehead atoms. The summed E-state index contributed by atoms with van der Waals surface area (Å²) in [5.41, 5.74) is 5.85. The molecule has 0 fully saturated rings. The molecule has 2 aromatic carbocycles. The molecule has 0 aliphatic heterocycles. The van der Waals surface area contributed by atoms with Crippen LogP contribution in [-0.4, -0.2) is 9.97 Å². The molecule has 0 spiro atoms. The zero-order valence-corrected chi connectivity index (χ0v) is 16.0. The van der Waals surface area contributed by atoms with Crippen molar-refractivity contribution in [1.82, 2.24) is 9.97 Å². The molecule has 0 amide bonds. The minimum absolute atomic E-state index is 0.0945. The highest BCUT2D eigenvalue weighted by molar-refractivity contribution is 6.42. The molecule has 0 radical (unpaired) electrons. The number of halogens is 6. The summed E-state index contributed by atoms with van der Waals surface area (Å²) in [6.45, 7) is 0. The van der Waals surface area contributed by atoms with Gasteiger partial charge < -0.3 is 16.4 Å². The predicted molar refractivity (Wildman–Crippen MR) is 106 cm³/mol. The first kappa shape index (κ1) is 20.3. The number of hydrogen-bond acceptors (Lipinski definition) is 5. The third-order valence-corrected chi connectivity index (χ3v) is 4.67. The van der Waals surface area contributed by atoms with E-state index in [9.17, 15) is 13.2 Å². The quantitative estimate of drug-likeness (QED) is 0.423. The van der Waals surface area contributed by atoms with Gasteiger partial charge >= 0.3 is 6.18 Å². The van der Waals surface area contributed by atoms with E-state index in [1.165, 1.54) is 12.4 Å². The monoisotopic (exact) mass is 447 g/mol. The van der Waals surface area contributed by atoms with Gasteiger partial charge in [0, 0.05) is 11.4 Å². The highest BCUT2D eigenvalue weighted by Gasteiger charge is 2.33. The number of hydrogen-bond donors (Lipinski definition) is 3. The van der Waals surface area contributed by atoms with Crippen molar-refractivity contribution in [3.8, 4) is 0 Å². The molecular formula is C17H11Cl3F3N5. The molecule has 146 valence electrons. The Morgan fingerprint density at radius 2 is 1.32 bits per heavy atom. The Balaban J connectivity index is 1.88. The summed E-state index contributed by atoms with van der Waals surface area (Å²) >= 11 is 17.5. The van der Waals surface area contributed by atoms with Crippen molar-refractivity contribution in [3.63, 3.8) is 0 Å². The van der Waals surface area contributed by atoms with E-state index in [-0.39, 0.29) is 23.0 Å². The first-order valence-corrected chi connectivity index (χ1v) is 8.75. The van der Waals surface area contributed by atoms with Crippen LogP contribution < -0.4 is 16.4 Å². The molecule has 0 aliphatic rings. The van der Waals surface area contributed by atoms with E-state index in [4.69, 9.17) is 40.5 Å². The first-order valence-electron chi connectivity index (χ1n) is 7.61. The van der Waals surface area contributed by atoms with E-state index in [2.05, 4.69) is 20.6 Å². The Kier molecular flexibility index (Phi) is 5.74. The van der Waals surface area contributed by atoms with E-state index in [0.717, 1.165) is 12.1 Å². The Labute approximate surface area is 172 Å². The molecule has 0 saturated carbocycles. The molecule has 1 heterocycles. The number of anilines is 5. The van der Waals surface area contributed by atoms with Crippen molar-refractivity contribution in [2.75, 3.05) is 16.4 Å². The van der Waals surface area contributed by atoms with Crippen molar-refractivity contribution in [3.05, 3.63) is 63.4 Å². The summed E-state index contributed by atoms with van der Waals surface area (Å²) in [4.78, 5) is 8.01. The molecule has 11 heteroatoms. The lowest BCUT2D eigenvalue weighted by atomic mass is 10.2. The number of benzene rings is 2. The van der Waals surface area contributed by atoms with Crippen LogP contribution >= 0.6 is 34.8 Å². The van der Waals surface area contributed by atoms with Crippen LogP contribution in [0.5, 0.6) is 0 Å². The normalized spacial score (nSPS) is 11.4. The third kappa shape index (κ3) is 4.52. The number of nitrogens with one attached hydrogen (secondary N) is 2. The van der Waals surface area contributed by atoms with Gasteiger partial charge in [0.2, 0.25) is 0 Å². The molecule has 3 aromatic rings. The lowest BCUT2D eigenvalue weighted by Gasteiger charge is -2.15. The fourth-order valence-electron chi connectivity index (χ4n) is 2.26. The largest absolute Gasteiger partial charge is 0.417 e. The van der Waals surface area contributed by atoms with Crippen molar-refractivity contribution in [1.29, 1.82) is 0 Å². The van der Waals surface area contributed by atoms with Gasteiger partial charge in [0.25, 0.3) is 0 Å². The minimum atomic E-state index is -4.59. The number of alkyl halides is 3. The number of nitrogens with zero attached hydrogens (tertiary/aromatic N) is 2. The van der Waals surface area contributed by atoms with Gasteiger partial charge in [-0.25, -0.2) is 9.97 Å². The molecule has 3 rings (SSSR count).